The summed E-state index contributed by atoms with van der Waals surface area (Å²) in [6.45, 7) is 14.8. The van der Waals surface area contributed by atoms with Crippen molar-refractivity contribution in [3.63, 3.8) is 0 Å². The van der Waals surface area contributed by atoms with Gasteiger partial charge in [-0.1, -0.05) is 0 Å². The maximum atomic E-state index is 5.66. The van der Waals surface area contributed by atoms with Gasteiger partial charge >= 0.3 is 0 Å². The maximum Gasteiger partial charge on any atom is 0.0713 e. The second kappa shape index (κ2) is 9.14. The van der Waals surface area contributed by atoms with Gasteiger partial charge in [0.25, 0.3) is 0 Å². The van der Waals surface area contributed by atoms with E-state index in [2.05, 4.69) is 35.5 Å². The molecular formula is C20H39N3O2. The molecule has 146 valence electrons. The molecule has 3 rings (SSSR count). The normalized spacial score (nSPS) is 32.5. The summed E-state index contributed by atoms with van der Waals surface area (Å²) in [6.07, 6.45) is 5.54. The van der Waals surface area contributed by atoms with Gasteiger partial charge in [0.1, 0.15) is 0 Å². The summed E-state index contributed by atoms with van der Waals surface area (Å²) in [4.78, 5) is 8.05. The van der Waals surface area contributed by atoms with Crippen molar-refractivity contribution in [1.29, 1.82) is 0 Å². The van der Waals surface area contributed by atoms with Crippen molar-refractivity contribution in [1.82, 2.24) is 14.7 Å². The van der Waals surface area contributed by atoms with E-state index in [-0.39, 0.29) is 0 Å². The van der Waals surface area contributed by atoms with Crippen LogP contribution in [-0.2, 0) is 9.47 Å². The van der Waals surface area contributed by atoms with Crippen molar-refractivity contribution in [3.8, 4) is 0 Å². The van der Waals surface area contributed by atoms with Crippen LogP contribution in [0, 0.1) is 0 Å². The zero-order valence-corrected chi connectivity index (χ0v) is 16.8. The Morgan fingerprint density at radius 1 is 1.04 bits per heavy atom. The summed E-state index contributed by atoms with van der Waals surface area (Å²) in [5, 5.41) is 0. The molecule has 3 unspecified atom stereocenters. The van der Waals surface area contributed by atoms with Crippen molar-refractivity contribution in [2.24, 2.45) is 0 Å². The van der Waals surface area contributed by atoms with Crippen molar-refractivity contribution in [2.75, 3.05) is 53.0 Å². The van der Waals surface area contributed by atoms with Gasteiger partial charge in [-0.3, -0.25) is 9.80 Å². The van der Waals surface area contributed by atoms with Crippen LogP contribution in [0.2, 0.25) is 0 Å². The lowest BCUT2D eigenvalue weighted by atomic mass is 9.98. The van der Waals surface area contributed by atoms with E-state index in [0.717, 1.165) is 38.9 Å². The highest BCUT2D eigenvalue weighted by Gasteiger charge is 2.36. The Morgan fingerprint density at radius 2 is 1.72 bits per heavy atom. The van der Waals surface area contributed by atoms with E-state index in [1.54, 1.807) is 0 Å². The van der Waals surface area contributed by atoms with Gasteiger partial charge in [0.15, 0.2) is 0 Å². The molecule has 0 N–H and O–H groups in total. The van der Waals surface area contributed by atoms with Gasteiger partial charge in [0.2, 0.25) is 0 Å². The zero-order chi connectivity index (χ0) is 17.8. The van der Waals surface area contributed by atoms with Crippen LogP contribution in [0.1, 0.15) is 46.5 Å². The lowest BCUT2D eigenvalue weighted by molar-refractivity contribution is -0.00405. The van der Waals surface area contributed by atoms with Gasteiger partial charge in [0.05, 0.1) is 19.3 Å². The lowest BCUT2D eigenvalue weighted by Gasteiger charge is -2.42. The number of morpholine rings is 1. The zero-order valence-electron chi connectivity index (χ0n) is 16.8. The number of piperidine rings is 1. The Hall–Kier alpha value is -0.200. The fourth-order valence-electron chi connectivity index (χ4n) is 5.11. The Bertz CT molecular complexity index is 392. The van der Waals surface area contributed by atoms with Crippen LogP contribution in [-0.4, -0.2) is 98.0 Å². The number of nitrogens with zero attached hydrogens (tertiary/aromatic N) is 3. The van der Waals surface area contributed by atoms with Crippen LogP contribution in [0.4, 0.5) is 0 Å². The molecule has 0 amide bonds. The molecule has 0 bridgehead atoms. The molecule has 3 saturated heterocycles. The van der Waals surface area contributed by atoms with E-state index in [9.17, 15) is 0 Å². The van der Waals surface area contributed by atoms with Crippen molar-refractivity contribution in [3.05, 3.63) is 0 Å². The minimum atomic E-state index is 0.423. The highest BCUT2D eigenvalue weighted by Crippen LogP contribution is 2.28. The molecule has 3 aliphatic rings. The number of ether oxygens (including phenoxy) is 2. The van der Waals surface area contributed by atoms with Gasteiger partial charge in [0, 0.05) is 50.9 Å². The topological polar surface area (TPSA) is 28.2 Å². The van der Waals surface area contributed by atoms with E-state index in [0.29, 0.717) is 24.2 Å². The predicted molar refractivity (Wildman–Crippen MR) is 102 cm³/mol. The number of methoxy groups -OCH3 is 1. The number of likely N-dealkylation sites (tertiary alicyclic amines) is 2. The standard InChI is InChI=1S/C20H39N3O2/c1-16(2)23-15-20(24-4)14-19(23)13-17(3)21-7-5-18(6-8-21)22-9-11-25-12-10-22/h16-20H,5-15H2,1-4H3. The van der Waals surface area contributed by atoms with Crippen LogP contribution >= 0.6 is 0 Å². The smallest absolute Gasteiger partial charge is 0.0713 e. The van der Waals surface area contributed by atoms with E-state index in [4.69, 9.17) is 9.47 Å². The summed E-state index contributed by atoms with van der Waals surface area (Å²) in [6, 6.07) is 2.75. The molecule has 5 heteroatoms. The molecule has 25 heavy (non-hydrogen) atoms. The third-order valence-corrected chi connectivity index (χ3v) is 6.71. The van der Waals surface area contributed by atoms with Crippen molar-refractivity contribution >= 4 is 0 Å². The lowest BCUT2D eigenvalue weighted by Crippen LogP contribution is -2.51. The van der Waals surface area contributed by atoms with Crippen molar-refractivity contribution in [2.45, 2.75) is 76.7 Å². The Labute approximate surface area is 154 Å². The fraction of sp³-hybridized carbons (Fsp3) is 1.00. The first-order chi connectivity index (χ1) is 12.1. The van der Waals surface area contributed by atoms with Gasteiger partial charge < -0.3 is 14.4 Å². The predicted octanol–water partition coefficient (Wildman–Crippen LogP) is 2.06. The molecule has 0 spiro atoms. The molecule has 3 atom stereocenters. The van der Waals surface area contributed by atoms with Gasteiger partial charge in [-0.15, -0.1) is 0 Å². The van der Waals surface area contributed by atoms with Gasteiger partial charge in [-0.05, 0) is 59.5 Å². The molecule has 0 aliphatic carbocycles. The molecule has 0 aromatic carbocycles. The minimum absolute atomic E-state index is 0.423. The third-order valence-electron chi connectivity index (χ3n) is 6.71. The molecule has 3 fully saturated rings. The molecule has 0 aromatic heterocycles. The van der Waals surface area contributed by atoms with E-state index in [1.807, 2.05) is 7.11 Å². The van der Waals surface area contributed by atoms with Crippen LogP contribution in [0.15, 0.2) is 0 Å². The minimum Gasteiger partial charge on any atom is -0.380 e. The highest BCUT2D eigenvalue weighted by atomic mass is 16.5. The Balaban J connectivity index is 1.46. The van der Waals surface area contributed by atoms with E-state index >= 15 is 0 Å². The van der Waals surface area contributed by atoms with Crippen LogP contribution in [0.5, 0.6) is 0 Å². The third kappa shape index (κ3) is 4.95. The summed E-state index contributed by atoms with van der Waals surface area (Å²) in [5.41, 5.74) is 0. The quantitative estimate of drug-likeness (QED) is 0.729. The monoisotopic (exact) mass is 353 g/mol. The molecule has 5 nitrogen and oxygen atoms in total. The second-order valence-electron chi connectivity index (χ2n) is 8.54. The average Bonchev–Trinajstić information content (AvgIpc) is 3.06. The van der Waals surface area contributed by atoms with Gasteiger partial charge in [-0.2, -0.15) is 0 Å². The molecule has 0 aromatic rings. The van der Waals surface area contributed by atoms with E-state index in [1.165, 1.54) is 38.8 Å². The summed E-state index contributed by atoms with van der Waals surface area (Å²) >= 11 is 0. The van der Waals surface area contributed by atoms with Crippen LogP contribution in [0.3, 0.4) is 0 Å². The first-order valence-corrected chi connectivity index (χ1v) is 10.4. The molecular weight excluding hydrogens is 314 g/mol. The molecule has 3 aliphatic heterocycles. The first-order valence-electron chi connectivity index (χ1n) is 10.4. The summed E-state index contributed by atoms with van der Waals surface area (Å²) in [5.74, 6) is 0. The molecule has 3 heterocycles. The van der Waals surface area contributed by atoms with Crippen molar-refractivity contribution < 1.29 is 9.47 Å². The SMILES string of the molecule is COC1CC(CC(C)N2CCC(N3CCOCC3)CC2)N(C(C)C)C1. The first kappa shape index (κ1) is 19.6. The molecule has 0 radical (unpaired) electrons. The Kier molecular flexibility index (Phi) is 7.15. The summed E-state index contributed by atoms with van der Waals surface area (Å²) < 4.78 is 11.2. The van der Waals surface area contributed by atoms with Crippen LogP contribution < -0.4 is 0 Å². The molecule has 0 saturated carbocycles. The average molecular weight is 354 g/mol. The second-order valence-corrected chi connectivity index (χ2v) is 8.54. The largest absolute Gasteiger partial charge is 0.380 e. The summed E-state index contributed by atoms with van der Waals surface area (Å²) in [7, 11) is 1.87. The highest BCUT2D eigenvalue weighted by molar-refractivity contribution is 4.91. The number of hydrogen-bond donors (Lipinski definition) is 0. The van der Waals surface area contributed by atoms with Crippen LogP contribution in [0.25, 0.3) is 0 Å². The maximum absolute atomic E-state index is 5.66. The van der Waals surface area contributed by atoms with E-state index < -0.39 is 0 Å². The number of rotatable bonds is 6. The van der Waals surface area contributed by atoms with Gasteiger partial charge in [-0.25, -0.2) is 0 Å². The fourth-order valence-corrected chi connectivity index (χ4v) is 5.11. The Morgan fingerprint density at radius 3 is 2.32 bits per heavy atom. The number of hydrogen-bond acceptors (Lipinski definition) is 5.